The van der Waals surface area contributed by atoms with Gasteiger partial charge in [0.1, 0.15) is 16.4 Å². The summed E-state index contributed by atoms with van der Waals surface area (Å²) in [5.41, 5.74) is 3.40. The third-order valence-electron chi connectivity index (χ3n) is 6.80. The Bertz CT molecular complexity index is 1280. The number of benzene rings is 1. The van der Waals surface area contributed by atoms with Gasteiger partial charge in [-0.15, -0.1) is 0 Å². The Balaban J connectivity index is 1.20. The summed E-state index contributed by atoms with van der Waals surface area (Å²) in [5.74, 6) is 0.937. The molecule has 180 valence electrons. The van der Waals surface area contributed by atoms with E-state index < -0.39 is 10.0 Å². The molecule has 1 aromatic carbocycles. The molecule has 5 rings (SSSR count). The van der Waals surface area contributed by atoms with Crippen molar-refractivity contribution in [1.82, 2.24) is 19.0 Å². The smallest absolute Gasteiger partial charge is 0.248 e. The van der Waals surface area contributed by atoms with Gasteiger partial charge in [0, 0.05) is 48.7 Å². The normalized spacial score (nSPS) is 17.5. The van der Waals surface area contributed by atoms with Crippen molar-refractivity contribution >= 4 is 21.6 Å². The molecule has 2 aromatic heterocycles. The molecule has 1 amide bonds. The van der Waals surface area contributed by atoms with Crippen LogP contribution in [0.5, 0.6) is 0 Å². The van der Waals surface area contributed by atoms with Gasteiger partial charge in [0.25, 0.3) is 0 Å². The lowest BCUT2D eigenvalue weighted by Gasteiger charge is -2.30. The van der Waals surface area contributed by atoms with E-state index in [4.69, 9.17) is 4.52 Å². The van der Waals surface area contributed by atoms with E-state index in [1.165, 1.54) is 22.8 Å². The second kappa shape index (κ2) is 8.99. The second-order valence-electron chi connectivity index (χ2n) is 9.08. The number of amides is 1. The lowest BCUT2D eigenvalue weighted by atomic mass is 9.97. The van der Waals surface area contributed by atoms with Crippen molar-refractivity contribution in [2.75, 3.05) is 18.4 Å². The van der Waals surface area contributed by atoms with Crippen LogP contribution in [0, 0.1) is 19.8 Å². The zero-order chi connectivity index (χ0) is 23.9. The zero-order valence-electron chi connectivity index (χ0n) is 19.5. The lowest BCUT2D eigenvalue weighted by Crippen LogP contribution is -2.41. The molecule has 1 N–H and O–H groups in total. The molecule has 0 bridgehead atoms. The highest BCUT2D eigenvalue weighted by Crippen LogP contribution is 2.29. The number of aryl methyl sites for hydroxylation is 3. The molecule has 0 radical (unpaired) electrons. The van der Waals surface area contributed by atoms with Gasteiger partial charge in [-0.1, -0.05) is 5.16 Å². The minimum Gasteiger partial charge on any atom is -0.360 e. The first-order valence-electron chi connectivity index (χ1n) is 11.7. The highest BCUT2D eigenvalue weighted by Gasteiger charge is 2.35. The molecule has 3 aromatic rings. The first-order chi connectivity index (χ1) is 16.3. The van der Waals surface area contributed by atoms with Crippen LogP contribution in [0.1, 0.15) is 42.8 Å². The minimum atomic E-state index is -3.68. The predicted molar refractivity (Wildman–Crippen MR) is 127 cm³/mol. The number of nitrogens with zero attached hydrogens (tertiary/aromatic N) is 4. The van der Waals surface area contributed by atoms with Crippen LogP contribution < -0.4 is 5.32 Å². The number of fused-ring (bicyclic) bond motifs is 1. The number of aromatic nitrogens is 3. The van der Waals surface area contributed by atoms with Crippen LogP contribution in [-0.2, 0) is 27.8 Å². The Morgan fingerprint density at radius 2 is 1.82 bits per heavy atom. The van der Waals surface area contributed by atoms with Gasteiger partial charge in [-0.05, 0) is 70.2 Å². The summed E-state index contributed by atoms with van der Waals surface area (Å²) < 4.78 is 34.7. The number of anilines is 1. The summed E-state index contributed by atoms with van der Waals surface area (Å²) in [7, 11) is -3.68. The first kappa shape index (κ1) is 22.8. The highest BCUT2D eigenvalue weighted by molar-refractivity contribution is 7.89. The number of piperidine rings is 1. The van der Waals surface area contributed by atoms with Gasteiger partial charge >= 0.3 is 0 Å². The van der Waals surface area contributed by atoms with Crippen LogP contribution in [0.4, 0.5) is 5.69 Å². The summed E-state index contributed by atoms with van der Waals surface area (Å²) in [5, 5.41) is 6.75. The maximum atomic E-state index is 13.0. The molecule has 34 heavy (non-hydrogen) atoms. The maximum absolute atomic E-state index is 13.0. The average molecular weight is 484 g/mol. The lowest BCUT2D eigenvalue weighted by molar-refractivity contribution is -0.120. The van der Waals surface area contributed by atoms with Crippen LogP contribution in [0.25, 0.3) is 11.4 Å². The Morgan fingerprint density at radius 1 is 1.09 bits per heavy atom. The number of carbonyl (C=O) groups excluding carboxylic acids is 1. The molecular formula is C24H29N5O4S. The van der Waals surface area contributed by atoms with Crippen molar-refractivity contribution in [3.8, 4) is 11.4 Å². The van der Waals surface area contributed by atoms with Crippen molar-refractivity contribution in [1.29, 1.82) is 0 Å². The predicted octanol–water partition coefficient (Wildman–Crippen LogP) is 3.53. The summed E-state index contributed by atoms with van der Waals surface area (Å²) in [6.07, 6.45) is 6.34. The fraction of sp³-hybridized carbons (Fsp3) is 0.458. The maximum Gasteiger partial charge on any atom is 0.248 e. The molecule has 2 aliphatic rings. The summed E-state index contributed by atoms with van der Waals surface area (Å²) in [6, 6.07) is 7.76. The number of hydrogen-bond acceptors (Lipinski definition) is 6. The van der Waals surface area contributed by atoms with Crippen molar-refractivity contribution in [3.63, 3.8) is 0 Å². The number of carbonyl (C=O) groups is 1. The molecular weight excluding hydrogens is 454 g/mol. The van der Waals surface area contributed by atoms with Gasteiger partial charge in [-0.2, -0.15) is 4.31 Å². The van der Waals surface area contributed by atoms with Crippen LogP contribution >= 0.6 is 0 Å². The fourth-order valence-electron chi connectivity index (χ4n) is 4.94. The van der Waals surface area contributed by atoms with Crippen LogP contribution in [0.15, 0.2) is 39.9 Å². The quantitative estimate of drug-likeness (QED) is 0.594. The molecule has 10 heteroatoms. The monoisotopic (exact) mass is 483 g/mol. The van der Waals surface area contributed by atoms with Gasteiger partial charge in [0.2, 0.25) is 15.9 Å². The molecule has 0 saturated carbocycles. The molecule has 2 aliphatic heterocycles. The van der Waals surface area contributed by atoms with E-state index in [0.717, 1.165) is 30.0 Å². The Kier molecular flexibility index (Phi) is 6.03. The largest absolute Gasteiger partial charge is 0.360 e. The van der Waals surface area contributed by atoms with E-state index in [-0.39, 0.29) is 35.6 Å². The number of hydrogen-bond donors (Lipinski definition) is 1. The van der Waals surface area contributed by atoms with E-state index in [0.29, 0.717) is 18.5 Å². The van der Waals surface area contributed by atoms with E-state index in [1.807, 2.05) is 30.5 Å². The van der Waals surface area contributed by atoms with Gasteiger partial charge in [-0.25, -0.2) is 13.4 Å². The molecule has 9 nitrogen and oxygen atoms in total. The number of sulfonamides is 1. The third kappa shape index (κ3) is 4.16. The summed E-state index contributed by atoms with van der Waals surface area (Å²) >= 11 is 0. The third-order valence-corrected chi connectivity index (χ3v) is 8.95. The van der Waals surface area contributed by atoms with E-state index in [1.54, 1.807) is 13.8 Å². The molecule has 1 saturated heterocycles. The standard InChI is InChI=1S/C24H29N5O4S/c1-16-22(17(2)33-27-16)34(31,32)28-13-10-19(11-14-28)24(30)26-20-8-6-18(7-9-20)23-25-15-21-5-3-4-12-29(21)23/h6-9,15,19H,3-5,10-14H2,1-2H3,(H,26,30). The van der Waals surface area contributed by atoms with E-state index in [9.17, 15) is 13.2 Å². The fourth-order valence-corrected chi connectivity index (χ4v) is 6.70. The first-order valence-corrected chi connectivity index (χ1v) is 13.2. The van der Waals surface area contributed by atoms with E-state index >= 15 is 0 Å². The topological polar surface area (TPSA) is 110 Å². The Hall–Kier alpha value is -2.98. The van der Waals surface area contributed by atoms with Gasteiger partial charge in [-0.3, -0.25) is 4.79 Å². The Morgan fingerprint density at radius 3 is 2.50 bits per heavy atom. The number of rotatable bonds is 5. The molecule has 4 heterocycles. The van der Waals surface area contributed by atoms with Crippen molar-refractivity contribution in [2.45, 2.75) is 57.4 Å². The number of nitrogens with one attached hydrogen (secondary N) is 1. The van der Waals surface area contributed by atoms with Crippen molar-refractivity contribution < 1.29 is 17.7 Å². The minimum absolute atomic E-state index is 0.0830. The zero-order valence-corrected chi connectivity index (χ0v) is 20.3. The van der Waals surface area contributed by atoms with E-state index in [2.05, 4.69) is 20.0 Å². The molecule has 0 unspecified atom stereocenters. The van der Waals surface area contributed by atoms with Crippen LogP contribution in [0.3, 0.4) is 0 Å². The van der Waals surface area contributed by atoms with Crippen LogP contribution in [-0.4, -0.2) is 46.4 Å². The molecule has 0 spiro atoms. The van der Waals surface area contributed by atoms with Gasteiger partial charge in [0.05, 0.1) is 0 Å². The molecule has 0 aliphatic carbocycles. The highest BCUT2D eigenvalue weighted by atomic mass is 32.2. The summed E-state index contributed by atoms with van der Waals surface area (Å²) in [6.45, 7) is 4.78. The molecule has 0 atom stereocenters. The molecule has 1 fully saturated rings. The van der Waals surface area contributed by atoms with Crippen LogP contribution in [0.2, 0.25) is 0 Å². The van der Waals surface area contributed by atoms with Crippen molar-refractivity contribution in [2.24, 2.45) is 5.92 Å². The summed E-state index contributed by atoms with van der Waals surface area (Å²) in [4.78, 5) is 17.6. The van der Waals surface area contributed by atoms with Gasteiger partial charge in [0.15, 0.2) is 5.76 Å². The van der Waals surface area contributed by atoms with Crippen molar-refractivity contribution in [3.05, 3.63) is 47.6 Å². The second-order valence-corrected chi connectivity index (χ2v) is 11.0. The number of imidazole rings is 1. The average Bonchev–Trinajstić information content (AvgIpc) is 3.42. The van der Waals surface area contributed by atoms with Gasteiger partial charge < -0.3 is 14.4 Å². The SMILES string of the molecule is Cc1noc(C)c1S(=O)(=O)N1CCC(C(=O)Nc2ccc(-c3ncc4n3CCCC4)cc2)CC1. The Labute approximate surface area is 199 Å².